The summed E-state index contributed by atoms with van der Waals surface area (Å²) in [5, 5.41) is 0. The van der Waals surface area contributed by atoms with Crippen molar-refractivity contribution in [1.29, 1.82) is 0 Å². The Bertz CT molecular complexity index is 700. The van der Waals surface area contributed by atoms with Crippen molar-refractivity contribution in [2.75, 3.05) is 0 Å². The van der Waals surface area contributed by atoms with Crippen molar-refractivity contribution in [3.05, 3.63) is 29.3 Å². The standard InChI is InChI=1S/C25H41O5S/c1-2-3-4-5-6-7-8-9-10-11-12-13-14-15-16-17-19-23-20-18-21-24(22-26)25(23)30-31(27,28)29/h18,20-21H,2-17,19H2,1H3,(H,27,28,29). The molecule has 0 aliphatic carbocycles. The Morgan fingerprint density at radius 1 is 0.774 bits per heavy atom. The highest BCUT2D eigenvalue weighted by atomic mass is 32.3. The molecule has 0 saturated carbocycles. The van der Waals surface area contributed by atoms with Crippen LogP contribution in [-0.4, -0.2) is 19.3 Å². The average molecular weight is 454 g/mol. The van der Waals surface area contributed by atoms with Gasteiger partial charge in [0, 0.05) is 0 Å². The minimum atomic E-state index is -4.67. The third-order valence-corrected chi connectivity index (χ3v) is 6.07. The van der Waals surface area contributed by atoms with E-state index in [0.717, 1.165) is 19.3 Å². The number of benzene rings is 1. The summed E-state index contributed by atoms with van der Waals surface area (Å²) in [5.41, 5.74) is 0.607. The monoisotopic (exact) mass is 453 g/mol. The second-order valence-electron chi connectivity index (χ2n) is 8.46. The molecule has 1 aromatic rings. The number of hydrogen-bond acceptors (Lipinski definition) is 4. The lowest BCUT2D eigenvalue weighted by molar-refractivity contribution is 0.384. The first kappa shape index (κ1) is 27.6. The van der Waals surface area contributed by atoms with Gasteiger partial charge >= 0.3 is 10.4 Å². The van der Waals surface area contributed by atoms with Crippen LogP contribution in [-0.2, 0) is 21.6 Å². The van der Waals surface area contributed by atoms with Crippen LogP contribution in [0.15, 0.2) is 18.2 Å². The van der Waals surface area contributed by atoms with E-state index in [-0.39, 0.29) is 11.3 Å². The molecule has 5 nitrogen and oxygen atoms in total. The minimum absolute atomic E-state index is 0.00613. The van der Waals surface area contributed by atoms with E-state index in [1.165, 1.54) is 89.5 Å². The van der Waals surface area contributed by atoms with Crippen LogP contribution in [0.2, 0.25) is 0 Å². The van der Waals surface area contributed by atoms with Gasteiger partial charge in [-0.2, -0.15) is 8.42 Å². The van der Waals surface area contributed by atoms with Crippen LogP contribution in [0.1, 0.15) is 121 Å². The maximum atomic E-state index is 11.0. The molecule has 31 heavy (non-hydrogen) atoms. The quantitative estimate of drug-likeness (QED) is 0.168. The van der Waals surface area contributed by atoms with Gasteiger partial charge in [0.2, 0.25) is 6.29 Å². The summed E-state index contributed by atoms with van der Waals surface area (Å²) in [4.78, 5) is 11.0. The van der Waals surface area contributed by atoms with E-state index in [1.54, 1.807) is 18.4 Å². The highest BCUT2D eigenvalue weighted by Crippen LogP contribution is 2.26. The zero-order valence-electron chi connectivity index (χ0n) is 19.2. The van der Waals surface area contributed by atoms with E-state index >= 15 is 0 Å². The predicted molar refractivity (Wildman–Crippen MR) is 127 cm³/mol. The van der Waals surface area contributed by atoms with E-state index in [2.05, 4.69) is 11.1 Å². The first-order valence-corrected chi connectivity index (χ1v) is 13.5. The van der Waals surface area contributed by atoms with Gasteiger partial charge in [-0.15, -0.1) is 0 Å². The number of unbranched alkanes of at least 4 members (excludes halogenated alkanes) is 15. The van der Waals surface area contributed by atoms with Crippen molar-refractivity contribution in [1.82, 2.24) is 0 Å². The highest BCUT2D eigenvalue weighted by molar-refractivity contribution is 7.81. The lowest BCUT2D eigenvalue weighted by Crippen LogP contribution is -2.10. The molecule has 1 aromatic carbocycles. The number of hydrogen-bond donors (Lipinski definition) is 1. The molecule has 0 unspecified atom stereocenters. The normalized spacial score (nSPS) is 11.5. The first-order valence-electron chi connectivity index (χ1n) is 12.1. The highest BCUT2D eigenvalue weighted by Gasteiger charge is 2.16. The molecule has 0 aliphatic heterocycles. The molecule has 0 atom stereocenters. The summed E-state index contributed by atoms with van der Waals surface area (Å²) in [6.07, 6.45) is 22.9. The molecule has 1 N–H and O–H groups in total. The zero-order chi connectivity index (χ0) is 22.8. The average Bonchev–Trinajstić information content (AvgIpc) is 2.73. The summed E-state index contributed by atoms with van der Waals surface area (Å²) < 4.78 is 35.6. The Morgan fingerprint density at radius 3 is 1.65 bits per heavy atom. The van der Waals surface area contributed by atoms with Gasteiger partial charge in [-0.1, -0.05) is 115 Å². The fourth-order valence-electron chi connectivity index (χ4n) is 3.93. The van der Waals surface area contributed by atoms with Crippen LogP contribution in [0.5, 0.6) is 5.75 Å². The second-order valence-corrected chi connectivity index (χ2v) is 9.48. The molecule has 0 heterocycles. The molecule has 0 saturated heterocycles. The number of rotatable bonds is 20. The third kappa shape index (κ3) is 14.3. The van der Waals surface area contributed by atoms with Crippen LogP contribution in [0.3, 0.4) is 0 Å². The van der Waals surface area contributed by atoms with Crippen molar-refractivity contribution in [2.24, 2.45) is 0 Å². The van der Waals surface area contributed by atoms with Gasteiger partial charge in [0.15, 0.2) is 5.75 Å². The molecule has 1 radical (unpaired) electrons. The lowest BCUT2D eigenvalue weighted by atomic mass is 10.0. The minimum Gasteiger partial charge on any atom is -0.361 e. The molecule has 0 spiro atoms. The maximum absolute atomic E-state index is 11.0. The summed E-state index contributed by atoms with van der Waals surface area (Å²) >= 11 is 0. The Hall–Kier alpha value is -1.40. The Balaban J connectivity index is 2.06. The molecule has 6 heteroatoms. The Labute approximate surface area is 189 Å². The molecular formula is C25H41O5S. The molecule has 0 aliphatic rings. The molecule has 1 rings (SSSR count). The third-order valence-electron chi connectivity index (χ3n) is 5.69. The van der Waals surface area contributed by atoms with Crippen molar-refractivity contribution in [3.8, 4) is 5.75 Å². The number of aryl methyl sites for hydroxylation is 1. The van der Waals surface area contributed by atoms with Gasteiger partial charge in [-0.25, -0.2) is 0 Å². The topological polar surface area (TPSA) is 80.7 Å². The molecule has 0 bridgehead atoms. The fraction of sp³-hybridized carbons (Fsp3) is 0.720. The largest absolute Gasteiger partial charge is 0.446 e. The Morgan fingerprint density at radius 2 is 1.23 bits per heavy atom. The number of carbonyl (C=O) groups excluding carboxylic acids is 1. The van der Waals surface area contributed by atoms with Crippen LogP contribution in [0.25, 0.3) is 0 Å². The summed E-state index contributed by atoms with van der Waals surface area (Å²) in [6.45, 7) is 2.26. The van der Waals surface area contributed by atoms with Crippen LogP contribution < -0.4 is 4.18 Å². The van der Waals surface area contributed by atoms with Crippen LogP contribution in [0, 0.1) is 0 Å². The van der Waals surface area contributed by atoms with Crippen LogP contribution >= 0.6 is 0 Å². The predicted octanol–water partition coefficient (Wildman–Crippen LogP) is 7.13. The van der Waals surface area contributed by atoms with Crippen molar-refractivity contribution in [3.63, 3.8) is 0 Å². The summed E-state index contributed by atoms with van der Waals surface area (Å²) in [6, 6.07) is 4.80. The van der Waals surface area contributed by atoms with E-state index < -0.39 is 10.4 Å². The SMILES string of the molecule is CCCCCCCCCCCCCCCCCCc1cccc([C]=O)c1OS(=O)(=O)O. The van der Waals surface area contributed by atoms with Gasteiger partial charge in [0.1, 0.15) is 0 Å². The molecule has 0 amide bonds. The van der Waals surface area contributed by atoms with Gasteiger partial charge in [0.05, 0.1) is 5.56 Å². The summed E-state index contributed by atoms with van der Waals surface area (Å²) in [7, 11) is -4.67. The smallest absolute Gasteiger partial charge is 0.361 e. The maximum Gasteiger partial charge on any atom is 0.446 e. The van der Waals surface area contributed by atoms with Gasteiger partial charge in [-0.05, 0) is 24.5 Å². The van der Waals surface area contributed by atoms with E-state index in [4.69, 9.17) is 4.55 Å². The zero-order valence-corrected chi connectivity index (χ0v) is 20.1. The van der Waals surface area contributed by atoms with Crippen LogP contribution in [0.4, 0.5) is 0 Å². The van der Waals surface area contributed by atoms with Crippen molar-refractivity contribution < 1.29 is 21.9 Å². The van der Waals surface area contributed by atoms with E-state index in [0.29, 0.717) is 12.0 Å². The van der Waals surface area contributed by atoms with E-state index in [9.17, 15) is 13.2 Å². The van der Waals surface area contributed by atoms with Gasteiger partial charge in [0.25, 0.3) is 0 Å². The molecule has 0 fully saturated rings. The van der Waals surface area contributed by atoms with Crippen molar-refractivity contribution >= 4 is 16.7 Å². The van der Waals surface area contributed by atoms with E-state index in [1.807, 2.05) is 0 Å². The van der Waals surface area contributed by atoms with Gasteiger partial charge in [-0.3, -0.25) is 9.35 Å². The molecule has 177 valence electrons. The first-order chi connectivity index (χ1) is 15.0. The number of para-hydroxylation sites is 1. The van der Waals surface area contributed by atoms with Gasteiger partial charge < -0.3 is 4.18 Å². The second kappa shape index (κ2) is 17.2. The Kier molecular flexibility index (Phi) is 15.3. The fourth-order valence-corrected chi connectivity index (χ4v) is 4.34. The molecular weight excluding hydrogens is 412 g/mol. The lowest BCUT2D eigenvalue weighted by Gasteiger charge is -2.10. The molecule has 0 aromatic heterocycles. The summed E-state index contributed by atoms with van der Waals surface area (Å²) in [5.74, 6) is -0.110. The van der Waals surface area contributed by atoms with Crippen molar-refractivity contribution in [2.45, 2.75) is 116 Å².